The highest BCUT2D eigenvalue weighted by molar-refractivity contribution is 7.92. The van der Waals surface area contributed by atoms with E-state index >= 15 is 0 Å². The zero-order valence-electron chi connectivity index (χ0n) is 16.1. The van der Waals surface area contributed by atoms with Crippen LogP contribution in [0.1, 0.15) is 29.3 Å². The summed E-state index contributed by atoms with van der Waals surface area (Å²) in [5.74, 6) is 0.500. The molecule has 1 aromatic heterocycles. The standard InChI is InChI=1S/C20H21N3O4S2/c1-3-27-15-7-8-16-18(12-15)28-20(21-16)22-19(24)14-6-9-17-13(11-14)5-4-10-23(17)29(2,25)26/h6-9,11-12H,3-5,10H2,1-2H3,(H,21,22,24). The molecule has 0 unspecified atom stereocenters. The fourth-order valence-corrected chi connectivity index (χ4v) is 5.32. The number of benzene rings is 2. The van der Waals surface area contributed by atoms with Gasteiger partial charge in [-0.15, -0.1) is 0 Å². The Bertz CT molecular complexity index is 1190. The highest BCUT2D eigenvalue weighted by Gasteiger charge is 2.24. The Labute approximate surface area is 173 Å². The smallest absolute Gasteiger partial charge is 0.257 e. The molecule has 2 heterocycles. The van der Waals surface area contributed by atoms with E-state index in [1.807, 2.05) is 25.1 Å². The Balaban J connectivity index is 1.57. The monoisotopic (exact) mass is 431 g/mol. The van der Waals surface area contributed by atoms with Crippen LogP contribution in [0.25, 0.3) is 10.2 Å². The lowest BCUT2D eigenvalue weighted by Crippen LogP contribution is -2.34. The van der Waals surface area contributed by atoms with E-state index in [-0.39, 0.29) is 5.91 Å². The van der Waals surface area contributed by atoms with Crippen LogP contribution in [0.4, 0.5) is 10.8 Å². The van der Waals surface area contributed by atoms with Gasteiger partial charge in [0.1, 0.15) is 5.75 Å². The maximum atomic E-state index is 12.7. The number of sulfonamides is 1. The molecule has 0 saturated heterocycles. The molecule has 0 aliphatic carbocycles. The van der Waals surface area contributed by atoms with Crippen molar-refractivity contribution in [2.45, 2.75) is 19.8 Å². The molecule has 1 aliphatic heterocycles. The molecule has 1 amide bonds. The van der Waals surface area contributed by atoms with E-state index < -0.39 is 10.0 Å². The molecule has 1 aliphatic rings. The third-order valence-corrected chi connectivity index (χ3v) is 6.82. The van der Waals surface area contributed by atoms with Crippen LogP contribution in [0, 0.1) is 0 Å². The Morgan fingerprint density at radius 3 is 2.86 bits per heavy atom. The van der Waals surface area contributed by atoms with E-state index in [1.54, 1.807) is 18.2 Å². The first-order valence-electron chi connectivity index (χ1n) is 9.30. The minimum absolute atomic E-state index is 0.270. The summed E-state index contributed by atoms with van der Waals surface area (Å²) in [7, 11) is -3.33. The normalized spacial score (nSPS) is 13.9. The van der Waals surface area contributed by atoms with Crippen molar-refractivity contribution in [3.63, 3.8) is 0 Å². The second-order valence-electron chi connectivity index (χ2n) is 6.82. The molecule has 0 atom stereocenters. The van der Waals surface area contributed by atoms with Crippen LogP contribution < -0.4 is 14.4 Å². The summed E-state index contributed by atoms with van der Waals surface area (Å²) in [6, 6.07) is 10.8. The SMILES string of the molecule is CCOc1ccc2nc(NC(=O)c3ccc4c(c3)CCCN4S(C)(=O)=O)sc2c1. The van der Waals surface area contributed by atoms with Gasteiger partial charge >= 0.3 is 0 Å². The number of carbonyl (C=O) groups excluding carboxylic acids is 1. The van der Waals surface area contributed by atoms with Gasteiger partial charge in [0.05, 0.1) is 28.8 Å². The van der Waals surface area contributed by atoms with Crippen LogP contribution in [0.2, 0.25) is 0 Å². The number of nitrogens with zero attached hydrogens (tertiary/aromatic N) is 2. The van der Waals surface area contributed by atoms with Crippen LogP contribution >= 0.6 is 11.3 Å². The van der Waals surface area contributed by atoms with Crippen LogP contribution in [0.15, 0.2) is 36.4 Å². The Kier molecular flexibility index (Phi) is 5.18. The molecule has 3 aromatic rings. The predicted octanol–water partition coefficient (Wildman–Crippen LogP) is 3.66. The molecule has 0 spiro atoms. The number of amides is 1. The number of ether oxygens (including phenoxy) is 1. The number of hydrogen-bond acceptors (Lipinski definition) is 6. The second-order valence-corrected chi connectivity index (χ2v) is 9.76. The van der Waals surface area contributed by atoms with Crippen LogP contribution in [0.3, 0.4) is 0 Å². The number of thiazole rings is 1. The first kappa shape index (κ1) is 19.7. The van der Waals surface area contributed by atoms with Gasteiger partial charge in [-0.2, -0.15) is 0 Å². The van der Waals surface area contributed by atoms with E-state index in [0.29, 0.717) is 29.5 Å². The van der Waals surface area contributed by atoms with E-state index in [4.69, 9.17) is 4.74 Å². The molecule has 9 heteroatoms. The zero-order valence-corrected chi connectivity index (χ0v) is 17.8. The van der Waals surface area contributed by atoms with Gasteiger partial charge in [-0.25, -0.2) is 13.4 Å². The summed E-state index contributed by atoms with van der Waals surface area (Å²) in [5.41, 5.74) is 2.79. The lowest BCUT2D eigenvalue weighted by molar-refractivity contribution is 0.102. The van der Waals surface area contributed by atoms with Crippen LogP contribution in [-0.4, -0.2) is 38.7 Å². The van der Waals surface area contributed by atoms with E-state index in [2.05, 4.69) is 10.3 Å². The lowest BCUT2D eigenvalue weighted by Gasteiger charge is -2.29. The van der Waals surface area contributed by atoms with Crippen molar-refractivity contribution in [3.8, 4) is 5.75 Å². The summed E-state index contributed by atoms with van der Waals surface area (Å²) in [6.07, 6.45) is 2.67. The molecule has 7 nitrogen and oxygen atoms in total. The number of aromatic nitrogens is 1. The first-order chi connectivity index (χ1) is 13.8. The number of carbonyl (C=O) groups is 1. The number of hydrogen-bond donors (Lipinski definition) is 1. The number of anilines is 2. The molecule has 4 rings (SSSR count). The molecule has 0 radical (unpaired) electrons. The topological polar surface area (TPSA) is 88.6 Å². The number of fused-ring (bicyclic) bond motifs is 2. The summed E-state index contributed by atoms with van der Waals surface area (Å²) in [4.78, 5) is 17.2. The minimum atomic E-state index is -3.33. The largest absolute Gasteiger partial charge is 0.494 e. The molecule has 2 aromatic carbocycles. The molecular formula is C20H21N3O4S2. The van der Waals surface area contributed by atoms with Gasteiger partial charge in [0.15, 0.2) is 5.13 Å². The summed E-state index contributed by atoms with van der Waals surface area (Å²) < 4.78 is 31.8. The average Bonchev–Trinajstić information content (AvgIpc) is 3.08. The van der Waals surface area contributed by atoms with Gasteiger partial charge in [0.2, 0.25) is 10.0 Å². The molecule has 0 fully saturated rings. The minimum Gasteiger partial charge on any atom is -0.494 e. The Hall–Kier alpha value is -2.65. The fourth-order valence-electron chi connectivity index (χ4n) is 3.43. The zero-order chi connectivity index (χ0) is 20.6. The van der Waals surface area contributed by atoms with Crippen LogP contribution in [0.5, 0.6) is 5.75 Å². The number of nitrogens with one attached hydrogen (secondary N) is 1. The molecule has 1 N–H and O–H groups in total. The quantitative estimate of drug-likeness (QED) is 0.666. The molecule has 0 saturated carbocycles. The van der Waals surface area contributed by atoms with Crippen molar-refractivity contribution in [2.75, 3.05) is 29.0 Å². The number of aryl methyl sites for hydroxylation is 1. The van der Waals surface area contributed by atoms with Crippen molar-refractivity contribution in [1.29, 1.82) is 0 Å². The second kappa shape index (κ2) is 7.64. The van der Waals surface area contributed by atoms with Gasteiger partial charge in [0, 0.05) is 12.1 Å². The third kappa shape index (κ3) is 4.06. The van der Waals surface area contributed by atoms with Gasteiger partial charge in [-0.05, 0) is 61.7 Å². The van der Waals surface area contributed by atoms with Crippen molar-refractivity contribution in [3.05, 3.63) is 47.5 Å². The van der Waals surface area contributed by atoms with Crippen molar-refractivity contribution in [1.82, 2.24) is 4.98 Å². The van der Waals surface area contributed by atoms with Crippen molar-refractivity contribution in [2.24, 2.45) is 0 Å². The summed E-state index contributed by atoms with van der Waals surface area (Å²) >= 11 is 1.38. The summed E-state index contributed by atoms with van der Waals surface area (Å²) in [5, 5.41) is 3.35. The highest BCUT2D eigenvalue weighted by Crippen LogP contribution is 2.32. The Morgan fingerprint density at radius 1 is 1.28 bits per heavy atom. The van der Waals surface area contributed by atoms with Crippen molar-refractivity contribution < 1.29 is 17.9 Å². The van der Waals surface area contributed by atoms with E-state index in [9.17, 15) is 13.2 Å². The van der Waals surface area contributed by atoms with E-state index in [1.165, 1.54) is 21.9 Å². The maximum absolute atomic E-state index is 12.7. The Morgan fingerprint density at radius 2 is 2.10 bits per heavy atom. The predicted molar refractivity (Wildman–Crippen MR) is 116 cm³/mol. The van der Waals surface area contributed by atoms with Gasteiger partial charge in [0.25, 0.3) is 5.91 Å². The fraction of sp³-hybridized carbons (Fsp3) is 0.300. The molecule has 29 heavy (non-hydrogen) atoms. The third-order valence-electron chi connectivity index (χ3n) is 4.71. The molecular weight excluding hydrogens is 410 g/mol. The van der Waals surface area contributed by atoms with Gasteiger partial charge in [-0.3, -0.25) is 14.4 Å². The average molecular weight is 432 g/mol. The van der Waals surface area contributed by atoms with Crippen molar-refractivity contribution >= 4 is 48.3 Å². The van der Waals surface area contributed by atoms with Crippen LogP contribution in [-0.2, 0) is 16.4 Å². The first-order valence-corrected chi connectivity index (χ1v) is 12.0. The number of rotatable bonds is 5. The van der Waals surface area contributed by atoms with Gasteiger partial charge < -0.3 is 4.74 Å². The highest BCUT2D eigenvalue weighted by atomic mass is 32.2. The van der Waals surface area contributed by atoms with Gasteiger partial charge in [-0.1, -0.05) is 11.3 Å². The lowest BCUT2D eigenvalue weighted by atomic mass is 10.0. The molecule has 152 valence electrons. The molecule has 0 bridgehead atoms. The summed E-state index contributed by atoms with van der Waals surface area (Å²) in [6.45, 7) is 2.98. The maximum Gasteiger partial charge on any atom is 0.257 e. The van der Waals surface area contributed by atoms with E-state index in [0.717, 1.165) is 34.4 Å².